The van der Waals surface area contributed by atoms with Gasteiger partial charge in [0.1, 0.15) is 0 Å². The minimum absolute atomic E-state index is 0.170. The molecule has 0 amide bonds. The van der Waals surface area contributed by atoms with Crippen molar-refractivity contribution in [2.24, 2.45) is 4.99 Å². The van der Waals surface area contributed by atoms with Crippen LogP contribution < -0.4 is 5.56 Å². The molecule has 0 atom stereocenters. The molecular weight excluding hydrogens is 204 g/mol. The number of para-hydroxylation sites is 1. The van der Waals surface area contributed by atoms with Crippen LogP contribution in [0, 0.1) is 0 Å². The van der Waals surface area contributed by atoms with Gasteiger partial charge in [0.2, 0.25) is 5.95 Å². The highest BCUT2D eigenvalue weighted by molar-refractivity contribution is 5.78. The van der Waals surface area contributed by atoms with Gasteiger partial charge in [0, 0.05) is 14.1 Å². The van der Waals surface area contributed by atoms with E-state index in [9.17, 15) is 4.79 Å². The summed E-state index contributed by atoms with van der Waals surface area (Å²) in [5.74, 6) is 0.317. The lowest BCUT2D eigenvalue weighted by molar-refractivity contribution is 0.642. The van der Waals surface area contributed by atoms with Gasteiger partial charge < -0.3 is 4.90 Å². The molecule has 0 spiro atoms. The number of fused-ring (bicyclic) bond motifs is 1. The molecule has 1 aromatic heterocycles. The lowest BCUT2D eigenvalue weighted by Gasteiger charge is -2.02. The lowest BCUT2D eigenvalue weighted by atomic mass is 10.2. The monoisotopic (exact) mass is 216 g/mol. The van der Waals surface area contributed by atoms with Crippen molar-refractivity contribution in [3.05, 3.63) is 34.6 Å². The Hall–Kier alpha value is -2.17. The Morgan fingerprint density at radius 1 is 1.38 bits per heavy atom. The van der Waals surface area contributed by atoms with Gasteiger partial charge in [0.25, 0.3) is 5.56 Å². The normalized spacial score (nSPS) is 11.1. The van der Waals surface area contributed by atoms with Crippen LogP contribution in [0.15, 0.2) is 34.1 Å². The maximum absolute atomic E-state index is 11.7. The summed E-state index contributed by atoms with van der Waals surface area (Å²) in [7, 11) is 3.70. The number of aromatic amines is 1. The zero-order chi connectivity index (χ0) is 11.5. The Bertz CT molecular complexity index is 586. The van der Waals surface area contributed by atoms with E-state index in [1.165, 1.54) is 0 Å². The van der Waals surface area contributed by atoms with E-state index in [4.69, 9.17) is 0 Å². The van der Waals surface area contributed by atoms with E-state index in [0.717, 1.165) is 0 Å². The first-order valence-corrected chi connectivity index (χ1v) is 4.86. The van der Waals surface area contributed by atoms with Gasteiger partial charge in [-0.25, -0.2) is 9.98 Å². The van der Waals surface area contributed by atoms with Crippen molar-refractivity contribution in [3.8, 4) is 0 Å². The number of nitrogens with one attached hydrogen (secondary N) is 1. The van der Waals surface area contributed by atoms with Crippen LogP contribution in [-0.2, 0) is 0 Å². The van der Waals surface area contributed by atoms with E-state index in [-0.39, 0.29) is 5.56 Å². The number of benzene rings is 1. The molecule has 5 heteroatoms. The van der Waals surface area contributed by atoms with E-state index in [2.05, 4.69) is 15.0 Å². The van der Waals surface area contributed by atoms with Crippen LogP contribution in [0.25, 0.3) is 10.9 Å². The average Bonchev–Trinajstić information content (AvgIpc) is 2.26. The summed E-state index contributed by atoms with van der Waals surface area (Å²) >= 11 is 0. The minimum atomic E-state index is -0.170. The molecule has 0 unspecified atom stereocenters. The molecule has 1 aromatic carbocycles. The standard InChI is InChI=1S/C11H12N4O/c1-15(2)7-12-11-13-9-6-4-3-5-8(9)10(16)14-11/h3-7H,1-2H3,(H,13,14,16). The number of aromatic nitrogens is 2. The summed E-state index contributed by atoms with van der Waals surface area (Å²) in [6, 6.07) is 7.18. The van der Waals surface area contributed by atoms with Crippen molar-refractivity contribution in [2.45, 2.75) is 0 Å². The Morgan fingerprint density at radius 3 is 2.88 bits per heavy atom. The number of hydrogen-bond acceptors (Lipinski definition) is 3. The molecule has 0 aliphatic carbocycles. The van der Waals surface area contributed by atoms with Crippen LogP contribution in [0.5, 0.6) is 0 Å². The summed E-state index contributed by atoms with van der Waals surface area (Å²) < 4.78 is 0. The van der Waals surface area contributed by atoms with Crippen LogP contribution in [0.2, 0.25) is 0 Å². The van der Waals surface area contributed by atoms with Gasteiger partial charge >= 0.3 is 0 Å². The van der Waals surface area contributed by atoms with E-state index in [1.807, 2.05) is 26.2 Å². The van der Waals surface area contributed by atoms with Crippen LogP contribution >= 0.6 is 0 Å². The van der Waals surface area contributed by atoms with E-state index < -0.39 is 0 Å². The third-order valence-electron chi connectivity index (χ3n) is 2.01. The van der Waals surface area contributed by atoms with Gasteiger partial charge in [-0.2, -0.15) is 0 Å². The molecule has 0 saturated carbocycles. The first kappa shape index (κ1) is 10.4. The largest absolute Gasteiger partial charge is 0.369 e. The molecule has 0 radical (unpaired) electrons. The van der Waals surface area contributed by atoms with Gasteiger partial charge in [-0.15, -0.1) is 0 Å². The summed E-state index contributed by atoms with van der Waals surface area (Å²) in [6.07, 6.45) is 1.59. The third-order valence-corrected chi connectivity index (χ3v) is 2.01. The average molecular weight is 216 g/mol. The minimum Gasteiger partial charge on any atom is -0.369 e. The van der Waals surface area contributed by atoms with Crippen molar-refractivity contribution >= 4 is 23.2 Å². The topological polar surface area (TPSA) is 61.4 Å². The number of hydrogen-bond donors (Lipinski definition) is 1. The van der Waals surface area contributed by atoms with Crippen LogP contribution in [-0.4, -0.2) is 35.3 Å². The van der Waals surface area contributed by atoms with Gasteiger partial charge in [0.05, 0.1) is 17.2 Å². The van der Waals surface area contributed by atoms with Gasteiger partial charge in [-0.1, -0.05) is 12.1 Å². The molecule has 5 nitrogen and oxygen atoms in total. The Morgan fingerprint density at radius 2 is 2.12 bits per heavy atom. The first-order valence-electron chi connectivity index (χ1n) is 4.86. The van der Waals surface area contributed by atoms with Gasteiger partial charge in [0.15, 0.2) is 0 Å². The van der Waals surface area contributed by atoms with Crippen molar-refractivity contribution in [2.75, 3.05) is 14.1 Å². The van der Waals surface area contributed by atoms with Gasteiger partial charge in [-0.3, -0.25) is 9.78 Å². The predicted octanol–water partition coefficient (Wildman–Crippen LogP) is 1.14. The molecule has 0 bridgehead atoms. The predicted molar refractivity (Wildman–Crippen MR) is 64.2 cm³/mol. The number of nitrogens with zero attached hydrogens (tertiary/aromatic N) is 3. The Labute approximate surface area is 92.5 Å². The molecule has 82 valence electrons. The number of aliphatic imine (C=N–C) groups is 1. The smallest absolute Gasteiger partial charge is 0.260 e. The zero-order valence-corrected chi connectivity index (χ0v) is 9.14. The second-order valence-corrected chi connectivity index (χ2v) is 3.61. The molecule has 1 heterocycles. The maximum Gasteiger partial charge on any atom is 0.260 e. The Balaban J connectivity index is 2.54. The number of H-pyrrole nitrogens is 1. The van der Waals surface area contributed by atoms with Gasteiger partial charge in [-0.05, 0) is 12.1 Å². The fourth-order valence-corrected chi connectivity index (χ4v) is 1.31. The first-order chi connectivity index (χ1) is 7.66. The van der Waals surface area contributed by atoms with Crippen LogP contribution in [0.3, 0.4) is 0 Å². The van der Waals surface area contributed by atoms with Crippen molar-refractivity contribution in [1.82, 2.24) is 14.9 Å². The SMILES string of the molecule is CN(C)C=Nc1nc2ccccc2c(=O)[nH]1. The zero-order valence-electron chi connectivity index (χ0n) is 9.14. The van der Waals surface area contributed by atoms with E-state index >= 15 is 0 Å². The van der Waals surface area contributed by atoms with Crippen LogP contribution in [0.4, 0.5) is 5.95 Å². The lowest BCUT2D eigenvalue weighted by Crippen LogP contribution is -2.10. The molecule has 16 heavy (non-hydrogen) atoms. The van der Waals surface area contributed by atoms with Crippen molar-refractivity contribution < 1.29 is 0 Å². The molecule has 1 N–H and O–H groups in total. The molecule has 0 aliphatic heterocycles. The second kappa shape index (κ2) is 4.14. The second-order valence-electron chi connectivity index (χ2n) is 3.61. The summed E-state index contributed by atoms with van der Waals surface area (Å²) in [6.45, 7) is 0. The molecule has 2 rings (SSSR count). The molecule has 0 fully saturated rings. The summed E-state index contributed by atoms with van der Waals surface area (Å²) in [4.78, 5) is 24.3. The highest BCUT2D eigenvalue weighted by atomic mass is 16.1. The van der Waals surface area contributed by atoms with Crippen molar-refractivity contribution in [1.29, 1.82) is 0 Å². The fourth-order valence-electron chi connectivity index (χ4n) is 1.31. The summed E-state index contributed by atoms with van der Waals surface area (Å²) in [5, 5.41) is 0.575. The van der Waals surface area contributed by atoms with Crippen molar-refractivity contribution in [3.63, 3.8) is 0 Å². The molecule has 0 saturated heterocycles. The van der Waals surface area contributed by atoms with Crippen LogP contribution in [0.1, 0.15) is 0 Å². The molecule has 2 aromatic rings. The summed E-state index contributed by atoms with van der Waals surface area (Å²) in [5.41, 5.74) is 0.480. The third kappa shape index (κ3) is 2.08. The quantitative estimate of drug-likeness (QED) is 0.605. The highest BCUT2D eigenvalue weighted by Gasteiger charge is 2.00. The maximum atomic E-state index is 11.7. The molecule has 0 aliphatic rings. The highest BCUT2D eigenvalue weighted by Crippen LogP contribution is 2.09. The van der Waals surface area contributed by atoms with E-state index in [1.54, 1.807) is 23.4 Å². The fraction of sp³-hybridized carbons (Fsp3) is 0.182. The number of rotatable bonds is 2. The molecular formula is C11H12N4O. The van der Waals surface area contributed by atoms with E-state index in [0.29, 0.717) is 16.9 Å². The Kier molecular flexibility index (Phi) is 2.68.